The van der Waals surface area contributed by atoms with Gasteiger partial charge in [0.2, 0.25) is 10.0 Å². The Hall–Kier alpha value is -1.64. The highest BCUT2D eigenvalue weighted by molar-refractivity contribution is 7.89. The number of primary amides is 1. The predicted octanol–water partition coefficient (Wildman–Crippen LogP) is 0.342. The van der Waals surface area contributed by atoms with Gasteiger partial charge in [0.1, 0.15) is 5.75 Å². The summed E-state index contributed by atoms with van der Waals surface area (Å²) in [5, 5.41) is 0. The van der Waals surface area contributed by atoms with E-state index in [1.807, 2.05) is 0 Å². The van der Waals surface area contributed by atoms with Gasteiger partial charge in [-0.1, -0.05) is 0 Å². The summed E-state index contributed by atoms with van der Waals surface area (Å²) in [5.74, 6) is -0.493. The molecule has 1 aromatic carbocycles. The van der Waals surface area contributed by atoms with Crippen LogP contribution >= 0.6 is 0 Å². The first-order valence-electron chi connectivity index (χ1n) is 7.09. The van der Waals surface area contributed by atoms with Crippen LogP contribution in [0.15, 0.2) is 23.1 Å². The SMILES string of the molecule is COc1ccc(S(=O)(=O)NC2CCC(N)CC2)cc1C(N)=O. The average Bonchev–Trinajstić information content (AvgIpc) is 2.48. The van der Waals surface area contributed by atoms with Crippen LogP contribution in [0, 0.1) is 0 Å². The van der Waals surface area contributed by atoms with E-state index in [-0.39, 0.29) is 28.3 Å². The highest BCUT2D eigenvalue weighted by Crippen LogP contribution is 2.24. The zero-order chi connectivity index (χ0) is 16.3. The molecule has 0 heterocycles. The van der Waals surface area contributed by atoms with Crippen molar-refractivity contribution in [2.24, 2.45) is 11.5 Å². The summed E-state index contributed by atoms with van der Waals surface area (Å²) >= 11 is 0. The molecular weight excluding hydrogens is 306 g/mol. The van der Waals surface area contributed by atoms with Gasteiger partial charge in [0, 0.05) is 12.1 Å². The van der Waals surface area contributed by atoms with E-state index in [1.54, 1.807) is 0 Å². The number of rotatable bonds is 5. The Morgan fingerprint density at radius 1 is 1.27 bits per heavy atom. The molecule has 122 valence electrons. The molecule has 5 N–H and O–H groups in total. The number of amides is 1. The Balaban J connectivity index is 2.22. The number of carbonyl (C=O) groups excluding carboxylic acids is 1. The van der Waals surface area contributed by atoms with E-state index < -0.39 is 15.9 Å². The standard InChI is InChI=1S/C14H21N3O4S/c1-21-13-7-6-11(8-12(13)14(16)18)22(19,20)17-10-4-2-9(15)3-5-10/h6-10,17H,2-5,15H2,1H3,(H2,16,18). The van der Waals surface area contributed by atoms with Crippen LogP contribution < -0.4 is 20.9 Å². The van der Waals surface area contributed by atoms with Crippen molar-refractivity contribution in [3.63, 3.8) is 0 Å². The van der Waals surface area contributed by atoms with E-state index in [0.29, 0.717) is 12.8 Å². The maximum absolute atomic E-state index is 12.4. The average molecular weight is 327 g/mol. The lowest BCUT2D eigenvalue weighted by Crippen LogP contribution is -2.40. The minimum Gasteiger partial charge on any atom is -0.496 e. The molecule has 8 heteroatoms. The third-order valence-electron chi connectivity index (χ3n) is 3.84. The van der Waals surface area contributed by atoms with Crippen molar-refractivity contribution in [2.75, 3.05) is 7.11 Å². The van der Waals surface area contributed by atoms with Gasteiger partial charge in [-0.15, -0.1) is 0 Å². The fourth-order valence-electron chi connectivity index (χ4n) is 2.57. The molecule has 1 amide bonds. The lowest BCUT2D eigenvalue weighted by atomic mass is 9.93. The van der Waals surface area contributed by atoms with Gasteiger partial charge in [-0.05, 0) is 43.9 Å². The second-order valence-corrected chi connectivity index (χ2v) is 7.17. The number of nitrogens with one attached hydrogen (secondary N) is 1. The molecule has 0 unspecified atom stereocenters. The van der Waals surface area contributed by atoms with Crippen molar-refractivity contribution in [1.82, 2.24) is 4.72 Å². The quantitative estimate of drug-likeness (QED) is 0.719. The van der Waals surface area contributed by atoms with Crippen molar-refractivity contribution in [2.45, 2.75) is 42.7 Å². The molecule has 0 spiro atoms. The van der Waals surface area contributed by atoms with Gasteiger partial charge < -0.3 is 16.2 Å². The van der Waals surface area contributed by atoms with Gasteiger partial charge in [0.05, 0.1) is 17.6 Å². The molecule has 1 aromatic rings. The van der Waals surface area contributed by atoms with E-state index in [4.69, 9.17) is 16.2 Å². The van der Waals surface area contributed by atoms with Gasteiger partial charge >= 0.3 is 0 Å². The van der Waals surface area contributed by atoms with Crippen LogP contribution in [0.2, 0.25) is 0 Å². The Bertz CT molecular complexity index is 652. The predicted molar refractivity (Wildman–Crippen MR) is 82.1 cm³/mol. The van der Waals surface area contributed by atoms with Crippen molar-refractivity contribution in [3.05, 3.63) is 23.8 Å². The third-order valence-corrected chi connectivity index (χ3v) is 5.36. The summed E-state index contributed by atoms with van der Waals surface area (Å²) in [6, 6.07) is 4.05. The summed E-state index contributed by atoms with van der Waals surface area (Å²) in [7, 11) is -2.32. The molecule has 0 aliphatic heterocycles. The van der Waals surface area contributed by atoms with E-state index in [0.717, 1.165) is 12.8 Å². The molecule has 0 atom stereocenters. The van der Waals surface area contributed by atoms with Crippen molar-refractivity contribution in [3.8, 4) is 5.75 Å². The number of benzene rings is 1. The van der Waals surface area contributed by atoms with Gasteiger partial charge in [0.15, 0.2) is 0 Å². The molecule has 0 aromatic heterocycles. The Labute approximate surface area is 130 Å². The van der Waals surface area contributed by atoms with Crippen LogP contribution in [-0.4, -0.2) is 33.5 Å². The molecule has 2 rings (SSSR count). The topological polar surface area (TPSA) is 125 Å². The molecule has 0 saturated heterocycles. The molecule has 1 fully saturated rings. The number of nitrogens with two attached hydrogens (primary N) is 2. The first-order valence-corrected chi connectivity index (χ1v) is 8.57. The van der Waals surface area contributed by atoms with Crippen molar-refractivity contribution in [1.29, 1.82) is 0 Å². The maximum Gasteiger partial charge on any atom is 0.252 e. The number of hydrogen-bond donors (Lipinski definition) is 3. The third kappa shape index (κ3) is 3.76. The van der Waals surface area contributed by atoms with Crippen molar-refractivity contribution >= 4 is 15.9 Å². The molecule has 1 aliphatic rings. The minimum absolute atomic E-state index is 0.00280. The lowest BCUT2D eigenvalue weighted by molar-refractivity contribution is 0.0997. The summed E-state index contributed by atoms with van der Waals surface area (Å²) in [6.45, 7) is 0. The molecule has 22 heavy (non-hydrogen) atoms. The molecule has 0 radical (unpaired) electrons. The smallest absolute Gasteiger partial charge is 0.252 e. The summed E-state index contributed by atoms with van der Waals surface area (Å²) < 4.78 is 32.5. The van der Waals surface area contributed by atoms with Gasteiger partial charge in [0.25, 0.3) is 5.91 Å². The molecule has 1 saturated carbocycles. The first-order chi connectivity index (χ1) is 10.3. The number of methoxy groups -OCH3 is 1. The molecule has 0 bridgehead atoms. The molecule has 1 aliphatic carbocycles. The number of hydrogen-bond acceptors (Lipinski definition) is 5. The summed E-state index contributed by atoms with van der Waals surface area (Å²) in [6.07, 6.45) is 3.00. The number of sulfonamides is 1. The molecular formula is C14H21N3O4S. The summed E-state index contributed by atoms with van der Waals surface area (Å²) in [5.41, 5.74) is 11.1. The van der Waals surface area contributed by atoms with E-state index >= 15 is 0 Å². The fraction of sp³-hybridized carbons (Fsp3) is 0.500. The number of carbonyl (C=O) groups is 1. The normalized spacial score (nSPS) is 22.3. The fourth-order valence-corrected chi connectivity index (χ4v) is 3.90. The zero-order valence-corrected chi connectivity index (χ0v) is 13.2. The Morgan fingerprint density at radius 3 is 2.45 bits per heavy atom. The van der Waals surface area contributed by atoms with E-state index in [2.05, 4.69) is 4.72 Å². The first kappa shape index (κ1) is 16.7. The van der Waals surface area contributed by atoms with Gasteiger partial charge in [-0.3, -0.25) is 4.79 Å². The van der Waals surface area contributed by atoms with Crippen LogP contribution in [0.4, 0.5) is 0 Å². The molecule has 7 nitrogen and oxygen atoms in total. The number of ether oxygens (including phenoxy) is 1. The van der Waals surface area contributed by atoms with E-state index in [9.17, 15) is 13.2 Å². The largest absolute Gasteiger partial charge is 0.496 e. The Kier molecular flexibility index (Phi) is 5.05. The van der Waals surface area contributed by atoms with Crippen LogP contribution in [0.3, 0.4) is 0 Å². The highest BCUT2D eigenvalue weighted by atomic mass is 32.2. The minimum atomic E-state index is -3.71. The van der Waals surface area contributed by atoms with Crippen molar-refractivity contribution < 1.29 is 17.9 Å². The Morgan fingerprint density at radius 2 is 1.91 bits per heavy atom. The monoisotopic (exact) mass is 327 g/mol. The van der Waals surface area contributed by atoms with Crippen LogP contribution in [0.25, 0.3) is 0 Å². The van der Waals surface area contributed by atoms with E-state index in [1.165, 1.54) is 25.3 Å². The second-order valence-electron chi connectivity index (χ2n) is 5.46. The zero-order valence-electron chi connectivity index (χ0n) is 12.4. The van der Waals surface area contributed by atoms with Gasteiger partial charge in [-0.2, -0.15) is 0 Å². The second kappa shape index (κ2) is 6.64. The van der Waals surface area contributed by atoms with Crippen LogP contribution in [0.5, 0.6) is 5.75 Å². The van der Waals surface area contributed by atoms with Crippen LogP contribution in [0.1, 0.15) is 36.0 Å². The highest BCUT2D eigenvalue weighted by Gasteiger charge is 2.25. The summed E-state index contributed by atoms with van der Waals surface area (Å²) in [4.78, 5) is 11.4. The van der Waals surface area contributed by atoms with Gasteiger partial charge in [-0.25, -0.2) is 13.1 Å². The lowest BCUT2D eigenvalue weighted by Gasteiger charge is -2.26. The maximum atomic E-state index is 12.4. The van der Waals surface area contributed by atoms with Crippen LogP contribution in [-0.2, 0) is 10.0 Å².